The lowest BCUT2D eigenvalue weighted by atomic mass is 9.66. The van der Waals surface area contributed by atoms with Gasteiger partial charge in [-0.3, -0.25) is 4.79 Å². The van der Waals surface area contributed by atoms with Crippen LogP contribution in [0.4, 0.5) is 0 Å². The number of aromatic nitrogens is 1. The van der Waals surface area contributed by atoms with Crippen LogP contribution in [0.25, 0.3) is 0 Å². The predicted octanol–water partition coefficient (Wildman–Crippen LogP) is 1.52. The zero-order valence-electron chi connectivity index (χ0n) is 13.3. The molecule has 7 heteroatoms. The first-order chi connectivity index (χ1) is 10.9. The van der Waals surface area contributed by atoms with Crippen LogP contribution in [0.15, 0.2) is 22.0 Å². The van der Waals surface area contributed by atoms with Gasteiger partial charge in [-0.05, 0) is 37.0 Å². The van der Waals surface area contributed by atoms with Gasteiger partial charge in [0.2, 0.25) is 0 Å². The number of piperidine rings is 1. The van der Waals surface area contributed by atoms with Crippen molar-refractivity contribution in [1.82, 2.24) is 9.88 Å². The van der Waals surface area contributed by atoms with Crippen LogP contribution in [0.3, 0.4) is 0 Å². The summed E-state index contributed by atoms with van der Waals surface area (Å²) in [5.74, 6) is 0. The highest BCUT2D eigenvalue weighted by Gasteiger charge is 2.53. The van der Waals surface area contributed by atoms with Crippen molar-refractivity contribution in [3.63, 3.8) is 0 Å². The Morgan fingerprint density at radius 3 is 2.78 bits per heavy atom. The number of hydrogen-bond acceptors (Lipinski definition) is 4. The molecule has 2 aliphatic rings. The molecular weight excluding hydrogens is 336 g/mol. The van der Waals surface area contributed by atoms with Crippen molar-refractivity contribution in [3.05, 3.63) is 27.6 Å². The highest BCUT2D eigenvalue weighted by Crippen LogP contribution is 2.49. The van der Waals surface area contributed by atoms with E-state index in [9.17, 15) is 14.5 Å². The number of aliphatic hydroxyl groups is 1. The molecule has 0 radical (unpaired) electrons. The molecule has 0 bridgehead atoms. The molecule has 23 heavy (non-hydrogen) atoms. The molecule has 1 aliphatic carbocycles. The number of hydrogen-bond donors (Lipinski definition) is 2. The van der Waals surface area contributed by atoms with Crippen LogP contribution in [0, 0.1) is 5.41 Å². The maximum atomic E-state index is 12.3. The minimum atomic E-state index is -1.28. The van der Waals surface area contributed by atoms with Gasteiger partial charge in [0, 0.05) is 18.0 Å². The minimum absolute atomic E-state index is 0.171. The smallest absolute Gasteiger partial charge is 0.252 e. The molecule has 1 saturated heterocycles. The maximum Gasteiger partial charge on any atom is 0.252 e. The van der Waals surface area contributed by atoms with Crippen molar-refractivity contribution in [1.29, 1.82) is 0 Å². The van der Waals surface area contributed by atoms with E-state index in [0.29, 0.717) is 11.3 Å². The normalized spacial score (nSPS) is 28.2. The lowest BCUT2D eigenvalue weighted by molar-refractivity contribution is -0.115. The van der Waals surface area contributed by atoms with Gasteiger partial charge in [0.15, 0.2) is 4.90 Å². The lowest BCUT2D eigenvalue weighted by Crippen LogP contribution is -2.60. The van der Waals surface area contributed by atoms with Gasteiger partial charge in [-0.25, -0.2) is 0 Å². The third kappa shape index (κ3) is 3.07. The first-order valence-electron chi connectivity index (χ1n) is 8.03. The van der Waals surface area contributed by atoms with Gasteiger partial charge in [-0.1, -0.05) is 24.4 Å². The molecule has 2 fully saturated rings. The summed E-state index contributed by atoms with van der Waals surface area (Å²) in [7, 11) is 0. The topological polar surface area (TPSA) is 77.3 Å². The summed E-state index contributed by atoms with van der Waals surface area (Å²) in [6.45, 7) is 1.76. The van der Waals surface area contributed by atoms with Crippen LogP contribution in [0.5, 0.6) is 0 Å². The van der Waals surface area contributed by atoms with E-state index in [1.54, 1.807) is 6.20 Å². The Hall–Kier alpha value is -0.530. The van der Waals surface area contributed by atoms with Gasteiger partial charge in [0.25, 0.3) is 5.56 Å². The molecule has 5 nitrogen and oxygen atoms in total. The molecule has 1 aliphatic heterocycles. The quantitative estimate of drug-likeness (QED) is 0.803. The summed E-state index contributed by atoms with van der Waals surface area (Å²) >= 11 is 4.74. The SMILES string of the molecule is C[S+]([O-])c1cn(CC2(O)CCNCC23CCCC3)c(=O)cc1Cl. The van der Waals surface area contributed by atoms with E-state index in [4.69, 9.17) is 11.6 Å². The third-order valence-electron chi connectivity index (χ3n) is 5.51. The van der Waals surface area contributed by atoms with Crippen molar-refractivity contribution in [2.45, 2.75) is 49.1 Å². The highest BCUT2D eigenvalue weighted by atomic mass is 35.5. The predicted molar refractivity (Wildman–Crippen MR) is 91.4 cm³/mol. The first kappa shape index (κ1) is 17.3. The molecule has 1 aromatic rings. The van der Waals surface area contributed by atoms with E-state index in [2.05, 4.69) is 5.32 Å². The molecule has 1 saturated carbocycles. The molecule has 0 aromatic carbocycles. The van der Waals surface area contributed by atoms with Crippen molar-refractivity contribution in [2.24, 2.45) is 5.41 Å². The monoisotopic (exact) mass is 358 g/mol. The Labute approximate surface area is 144 Å². The number of pyridine rings is 1. The van der Waals surface area contributed by atoms with Crippen LogP contribution < -0.4 is 10.9 Å². The van der Waals surface area contributed by atoms with Gasteiger partial charge in [0.1, 0.15) is 11.3 Å². The molecule has 128 valence electrons. The number of nitrogens with zero attached hydrogens (tertiary/aromatic N) is 1. The molecule has 2 unspecified atom stereocenters. The molecule has 1 spiro atoms. The Balaban J connectivity index is 1.96. The van der Waals surface area contributed by atoms with Gasteiger partial charge in [-0.15, -0.1) is 0 Å². The summed E-state index contributed by atoms with van der Waals surface area (Å²) in [4.78, 5) is 12.7. The summed E-state index contributed by atoms with van der Waals surface area (Å²) in [6, 6.07) is 1.30. The fourth-order valence-electron chi connectivity index (χ4n) is 4.14. The first-order valence-corrected chi connectivity index (χ1v) is 9.97. The van der Waals surface area contributed by atoms with E-state index in [1.165, 1.54) is 16.9 Å². The Bertz CT molecular complexity index is 643. The van der Waals surface area contributed by atoms with Crippen molar-refractivity contribution >= 4 is 22.8 Å². The Morgan fingerprint density at radius 1 is 1.43 bits per heavy atom. The fraction of sp³-hybridized carbons (Fsp3) is 0.688. The zero-order valence-corrected chi connectivity index (χ0v) is 14.9. The number of halogens is 1. The lowest BCUT2D eigenvalue weighted by Gasteiger charge is -2.49. The standard InChI is InChI=1S/C16H23ClN2O3S/c1-23(22)13-9-19(14(20)8-12(13)17)11-16(21)6-7-18-10-15(16)4-2-3-5-15/h8-9,18,21H,2-7,10-11H2,1H3. The second kappa shape index (κ2) is 6.41. The van der Waals surface area contributed by atoms with Gasteiger partial charge in [-0.2, -0.15) is 0 Å². The van der Waals surface area contributed by atoms with E-state index < -0.39 is 16.8 Å². The second-order valence-electron chi connectivity index (χ2n) is 6.85. The second-order valence-corrected chi connectivity index (χ2v) is 8.61. The fourth-order valence-corrected chi connectivity index (χ4v) is 5.22. The largest absolute Gasteiger partial charge is 0.612 e. The van der Waals surface area contributed by atoms with Crippen LogP contribution in [0.1, 0.15) is 32.1 Å². The van der Waals surface area contributed by atoms with Crippen molar-refractivity contribution in [2.75, 3.05) is 19.3 Å². The number of rotatable bonds is 3. The summed E-state index contributed by atoms with van der Waals surface area (Å²) < 4.78 is 13.3. The van der Waals surface area contributed by atoms with Crippen molar-refractivity contribution in [3.8, 4) is 0 Å². The average molecular weight is 359 g/mol. The molecular formula is C16H23ClN2O3S. The summed E-state index contributed by atoms with van der Waals surface area (Å²) in [5.41, 5.74) is -1.35. The van der Waals surface area contributed by atoms with Crippen molar-refractivity contribution < 1.29 is 9.66 Å². The maximum absolute atomic E-state index is 12.3. The Morgan fingerprint density at radius 2 is 2.13 bits per heavy atom. The van der Waals surface area contributed by atoms with Gasteiger partial charge < -0.3 is 19.5 Å². The molecule has 2 N–H and O–H groups in total. The van der Waals surface area contributed by atoms with E-state index in [1.807, 2.05) is 0 Å². The van der Waals surface area contributed by atoms with E-state index >= 15 is 0 Å². The molecule has 2 heterocycles. The molecule has 3 rings (SSSR count). The number of nitrogens with one attached hydrogen (secondary N) is 1. The minimum Gasteiger partial charge on any atom is -0.612 e. The van der Waals surface area contributed by atoms with Gasteiger partial charge in [0.05, 0.1) is 18.3 Å². The van der Waals surface area contributed by atoms with Crippen LogP contribution in [-0.4, -0.2) is 39.2 Å². The summed E-state index contributed by atoms with van der Waals surface area (Å²) in [5, 5.41) is 15.0. The molecule has 2 atom stereocenters. The van der Waals surface area contributed by atoms with E-state index in [0.717, 1.165) is 38.8 Å². The van der Waals surface area contributed by atoms with E-state index in [-0.39, 0.29) is 22.5 Å². The molecule has 0 amide bonds. The van der Waals surface area contributed by atoms with Crippen LogP contribution >= 0.6 is 11.6 Å². The third-order valence-corrected chi connectivity index (χ3v) is 6.88. The summed E-state index contributed by atoms with van der Waals surface area (Å²) in [6.07, 6.45) is 7.88. The average Bonchev–Trinajstić information content (AvgIpc) is 2.95. The Kier molecular flexibility index (Phi) is 4.82. The zero-order chi connectivity index (χ0) is 16.7. The van der Waals surface area contributed by atoms with Crippen LogP contribution in [0.2, 0.25) is 5.02 Å². The van der Waals surface area contributed by atoms with Crippen LogP contribution in [-0.2, 0) is 17.7 Å². The van der Waals surface area contributed by atoms with Gasteiger partial charge >= 0.3 is 0 Å². The molecule has 1 aromatic heterocycles. The highest BCUT2D eigenvalue weighted by molar-refractivity contribution is 7.90.